The molecule has 78 valence electrons. The lowest BCUT2D eigenvalue weighted by Gasteiger charge is -2.25. The number of anilines is 1. The molecule has 0 bridgehead atoms. The third-order valence-electron chi connectivity index (χ3n) is 2.36. The molecule has 0 unspecified atom stereocenters. The third-order valence-corrected chi connectivity index (χ3v) is 3.17. The van der Waals surface area contributed by atoms with Crippen LogP contribution in [0.5, 0.6) is 0 Å². The molecule has 0 aliphatic carbocycles. The van der Waals surface area contributed by atoms with Crippen LogP contribution < -0.4 is 4.90 Å². The van der Waals surface area contributed by atoms with Crippen molar-refractivity contribution in [2.45, 2.75) is 25.9 Å². The van der Waals surface area contributed by atoms with E-state index in [0.29, 0.717) is 6.61 Å². The summed E-state index contributed by atoms with van der Waals surface area (Å²) in [5.74, 6) is 0.804. The predicted molar refractivity (Wildman–Crippen MR) is 56.7 cm³/mol. The van der Waals surface area contributed by atoms with Gasteiger partial charge >= 0.3 is 0 Å². The second kappa shape index (κ2) is 4.70. The summed E-state index contributed by atoms with van der Waals surface area (Å²) in [5.41, 5.74) is 0. The highest BCUT2D eigenvalue weighted by molar-refractivity contribution is 7.09. The van der Waals surface area contributed by atoms with Crippen molar-refractivity contribution in [1.29, 1.82) is 0 Å². The summed E-state index contributed by atoms with van der Waals surface area (Å²) in [5, 5.41) is 1.05. The van der Waals surface area contributed by atoms with Crippen LogP contribution in [0.2, 0.25) is 0 Å². The standard InChI is InChI=1S/C9H15N3OS/c1-13-7-8-10-9(14-11-8)12-5-3-2-4-6-12/h2-7H2,1H3. The molecule has 2 heterocycles. The second-order valence-electron chi connectivity index (χ2n) is 3.47. The van der Waals surface area contributed by atoms with Gasteiger partial charge in [-0.25, -0.2) is 4.98 Å². The highest BCUT2D eigenvalue weighted by Gasteiger charge is 2.14. The molecule has 1 fully saturated rings. The second-order valence-corrected chi connectivity index (χ2v) is 4.20. The molecule has 0 N–H and O–H groups in total. The summed E-state index contributed by atoms with van der Waals surface area (Å²) in [7, 11) is 1.67. The van der Waals surface area contributed by atoms with Gasteiger partial charge < -0.3 is 9.64 Å². The summed E-state index contributed by atoms with van der Waals surface area (Å²) in [6, 6.07) is 0. The first-order valence-electron chi connectivity index (χ1n) is 4.96. The van der Waals surface area contributed by atoms with Crippen molar-refractivity contribution in [3.8, 4) is 0 Å². The average Bonchev–Trinajstić information content (AvgIpc) is 2.68. The van der Waals surface area contributed by atoms with Gasteiger partial charge in [0.2, 0.25) is 5.13 Å². The maximum absolute atomic E-state index is 4.99. The fourth-order valence-corrected chi connectivity index (χ4v) is 2.37. The Bertz CT molecular complexity index is 283. The van der Waals surface area contributed by atoms with E-state index < -0.39 is 0 Å². The third kappa shape index (κ3) is 2.22. The molecule has 1 aromatic rings. The topological polar surface area (TPSA) is 38.2 Å². The Morgan fingerprint density at radius 1 is 1.36 bits per heavy atom. The predicted octanol–water partition coefficient (Wildman–Crippen LogP) is 1.67. The summed E-state index contributed by atoms with van der Waals surface area (Å²) in [6.07, 6.45) is 3.90. The molecule has 0 amide bonds. The summed E-state index contributed by atoms with van der Waals surface area (Å²) >= 11 is 1.48. The van der Waals surface area contributed by atoms with Gasteiger partial charge in [0.05, 0.1) is 0 Å². The van der Waals surface area contributed by atoms with E-state index in [1.165, 1.54) is 30.8 Å². The number of rotatable bonds is 3. The summed E-state index contributed by atoms with van der Waals surface area (Å²) in [4.78, 5) is 6.75. The smallest absolute Gasteiger partial charge is 0.205 e. The van der Waals surface area contributed by atoms with Crippen LogP contribution in [0.25, 0.3) is 0 Å². The lowest BCUT2D eigenvalue weighted by molar-refractivity contribution is 0.179. The molecule has 0 radical (unpaired) electrons. The minimum Gasteiger partial charge on any atom is -0.377 e. The monoisotopic (exact) mass is 213 g/mol. The van der Waals surface area contributed by atoms with Gasteiger partial charge in [0.25, 0.3) is 0 Å². The quantitative estimate of drug-likeness (QED) is 0.765. The minimum atomic E-state index is 0.518. The van der Waals surface area contributed by atoms with E-state index in [9.17, 15) is 0 Å². The molecule has 1 aliphatic heterocycles. The van der Waals surface area contributed by atoms with E-state index in [1.807, 2.05) is 0 Å². The average molecular weight is 213 g/mol. The first-order chi connectivity index (χ1) is 6.90. The maximum atomic E-state index is 4.99. The number of ether oxygens (including phenoxy) is 1. The number of methoxy groups -OCH3 is 1. The van der Waals surface area contributed by atoms with Gasteiger partial charge in [0, 0.05) is 31.7 Å². The van der Waals surface area contributed by atoms with Crippen molar-refractivity contribution in [3.05, 3.63) is 5.82 Å². The zero-order chi connectivity index (χ0) is 9.80. The van der Waals surface area contributed by atoms with Crippen LogP contribution in [-0.2, 0) is 11.3 Å². The first kappa shape index (κ1) is 9.86. The van der Waals surface area contributed by atoms with Crippen LogP contribution in [0, 0.1) is 0 Å². The van der Waals surface area contributed by atoms with Gasteiger partial charge in [0.15, 0.2) is 5.82 Å². The minimum absolute atomic E-state index is 0.518. The lowest BCUT2D eigenvalue weighted by Crippen LogP contribution is -2.29. The molecule has 0 spiro atoms. The maximum Gasteiger partial charge on any atom is 0.205 e. The van der Waals surface area contributed by atoms with E-state index >= 15 is 0 Å². The molecule has 4 nitrogen and oxygen atoms in total. The van der Waals surface area contributed by atoms with Crippen molar-refractivity contribution in [2.75, 3.05) is 25.1 Å². The molecule has 0 aromatic carbocycles. The molecular formula is C9H15N3OS. The van der Waals surface area contributed by atoms with E-state index in [4.69, 9.17) is 4.74 Å². The van der Waals surface area contributed by atoms with Gasteiger partial charge in [0.1, 0.15) is 6.61 Å². The zero-order valence-corrected chi connectivity index (χ0v) is 9.22. The lowest BCUT2D eigenvalue weighted by atomic mass is 10.1. The molecule has 5 heteroatoms. The fourth-order valence-electron chi connectivity index (χ4n) is 1.65. The van der Waals surface area contributed by atoms with Crippen molar-refractivity contribution >= 4 is 16.7 Å². The Kier molecular flexibility index (Phi) is 3.31. The Balaban J connectivity index is 2.00. The van der Waals surface area contributed by atoms with Gasteiger partial charge in [-0.15, -0.1) is 0 Å². The SMILES string of the molecule is COCc1nsc(N2CCCCC2)n1. The van der Waals surface area contributed by atoms with Crippen LogP contribution in [0.3, 0.4) is 0 Å². The van der Waals surface area contributed by atoms with E-state index in [2.05, 4.69) is 14.3 Å². The highest BCUT2D eigenvalue weighted by atomic mass is 32.1. The Morgan fingerprint density at radius 3 is 2.86 bits per heavy atom. The van der Waals surface area contributed by atoms with Crippen LogP contribution >= 0.6 is 11.5 Å². The van der Waals surface area contributed by atoms with Gasteiger partial charge in [-0.2, -0.15) is 4.37 Å². The Morgan fingerprint density at radius 2 is 2.14 bits per heavy atom. The molecule has 0 atom stereocenters. The Hall–Kier alpha value is -0.680. The molecule has 14 heavy (non-hydrogen) atoms. The van der Waals surface area contributed by atoms with Crippen LogP contribution in [0.4, 0.5) is 5.13 Å². The highest BCUT2D eigenvalue weighted by Crippen LogP contribution is 2.21. The van der Waals surface area contributed by atoms with Crippen LogP contribution in [-0.4, -0.2) is 29.6 Å². The molecule has 1 saturated heterocycles. The number of piperidine rings is 1. The van der Waals surface area contributed by atoms with Gasteiger partial charge in [-0.3, -0.25) is 0 Å². The Labute approximate surface area is 88.1 Å². The molecule has 1 aliphatic rings. The number of aromatic nitrogens is 2. The van der Waals surface area contributed by atoms with Gasteiger partial charge in [-0.05, 0) is 19.3 Å². The van der Waals surface area contributed by atoms with Crippen LogP contribution in [0.15, 0.2) is 0 Å². The van der Waals surface area contributed by atoms with E-state index in [0.717, 1.165) is 24.0 Å². The number of hydrogen-bond donors (Lipinski definition) is 0. The zero-order valence-electron chi connectivity index (χ0n) is 8.40. The number of hydrogen-bond acceptors (Lipinski definition) is 5. The van der Waals surface area contributed by atoms with Crippen molar-refractivity contribution in [2.24, 2.45) is 0 Å². The normalized spacial score (nSPS) is 17.4. The van der Waals surface area contributed by atoms with E-state index in [1.54, 1.807) is 7.11 Å². The van der Waals surface area contributed by atoms with Crippen molar-refractivity contribution in [3.63, 3.8) is 0 Å². The van der Waals surface area contributed by atoms with Crippen LogP contribution in [0.1, 0.15) is 25.1 Å². The summed E-state index contributed by atoms with van der Waals surface area (Å²) in [6.45, 7) is 2.77. The molecule has 1 aromatic heterocycles. The van der Waals surface area contributed by atoms with Crippen molar-refractivity contribution in [1.82, 2.24) is 9.36 Å². The molecule has 2 rings (SSSR count). The largest absolute Gasteiger partial charge is 0.377 e. The first-order valence-corrected chi connectivity index (χ1v) is 5.74. The van der Waals surface area contributed by atoms with Gasteiger partial charge in [-0.1, -0.05) is 0 Å². The fraction of sp³-hybridized carbons (Fsp3) is 0.778. The van der Waals surface area contributed by atoms with Crippen molar-refractivity contribution < 1.29 is 4.74 Å². The molecular weight excluding hydrogens is 198 g/mol. The molecule has 0 saturated carbocycles. The number of nitrogens with zero attached hydrogens (tertiary/aromatic N) is 3. The summed E-state index contributed by atoms with van der Waals surface area (Å²) < 4.78 is 9.24. The van der Waals surface area contributed by atoms with E-state index in [-0.39, 0.29) is 0 Å².